The van der Waals surface area contributed by atoms with E-state index in [1.807, 2.05) is 0 Å². The maximum Gasteiger partial charge on any atom is 0.337 e. The molecule has 2 aromatic carbocycles. The number of hydrogen-bond acceptors (Lipinski definition) is 2. The Labute approximate surface area is 125 Å². The van der Waals surface area contributed by atoms with Crippen LogP contribution >= 0.6 is 11.6 Å². The number of carbonyl (C=O) groups excluding carboxylic acids is 1. The molecule has 2 aromatic rings. The number of carboxylic acids is 1. The number of carboxylic acid groups (broad SMARTS) is 1. The van der Waals surface area contributed by atoms with E-state index < -0.39 is 17.7 Å². The number of halogens is 2. The summed E-state index contributed by atoms with van der Waals surface area (Å²) in [6.07, 6.45) is 0. The fraction of sp³-hybridized carbons (Fsp3) is 0.0667. The third-order valence-electron chi connectivity index (χ3n) is 2.89. The summed E-state index contributed by atoms with van der Waals surface area (Å²) in [5.41, 5.74) is 0.985. The van der Waals surface area contributed by atoms with E-state index in [4.69, 9.17) is 16.7 Å². The zero-order valence-corrected chi connectivity index (χ0v) is 11.7. The number of aryl methyl sites for hydroxylation is 1. The topological polar surface area (TPSA) is 66.4 Å². The van der Waals surface area contributed by atoms with Crippen LogP contribution in [0.2, 0.25) is 5.02 Å². The molecular weight excluding hydrogens is 297 g/mol. The van der Waals surface area contributed by atoms with E-state index in [1.54, 1.807) is 6.92 Å². The molecule has 4 nitrogen and oxygen atoms in total. The Kier molecular flexibility index (Phi) is 4.23. The minimum Gasteiger partial charge on any atom is -0.478 e. The summed E-state index contributed by atoms with van der Waals surface area (Å²) in [5.74, 6) is -2.07. The third kappa shape index (κ3) is 3.38. The first kappa shape index (κ1) is 15.0. The molecule has 0 aliphatic rings. The molecule has 0 heterocycles. The van der Waals surface area contributed by atoms with Gasteiger partial charge in [0.05, 0.1) is 10.6 Å². The highest BCUT2D eigenvalue weighted by atomic mass is 35.5. The molecule has 2 rings (SSSR count). The molecule has 6 heteroatoms. The van der Waals surface area contributed by atoms with Gasteiger partial charge in [-0.3, -0.25) is 4.79 Å². The van der Waals surface area contributed by atoms with Gasteiger partial charge in [-0.2, -0.15) is 0 Å². The van der Waals surface area contributed by atoms with Crippen LogP contribution in [-0.2, 0) is 0 Å². The predicted octanol–water partition coefficient (Wildman–Crippen LogP) is 3.74. The zero-order valence-electron chi connectivity index (χ0n) is 11.0. The van der Waals surface area contributed by atoms with Crippen LogP contribution in [-0.4, -0.2) is 17.0 Å². The highest BCUT2D eigenvalue weighted by Gasteiger charge is 2.13. The number of anilines is 1. The van der Waals surface area contributed by atoms with Crippen LogP contribution in [0.5, 0.6) is 0 Å². The molecule has 1 amide bonds. The Hall–Kier alpha value is -2.40. The largest absolute Gasteiger partial charge is 0.478 e. The number of rotatable bonds is 3. The molecule has 0 saturated carbocycles. The molecule has 0 aromatic heterocycles. The van der Waals surface area contributed by atoms with Crippen molar-refractivity contribution in [1.82, 2.24) is 0 Å². The molecule has 0 aliphatic heterocycles. The highest BCUT2D eigenvalue weighted by Crippen LogP contribution is 2.21. The van der Waals surface area contributed by atoms with Gasteiger partial charge in [-0.25, -0.2) is 9.18 Å². The summed E-state index contributed by atoms with van der Waals surface area (Å²) in [4.78, 5) is 23.1. The third-order valence-corrected chi connectivity index (χ3v) is 3.22. The summed E-state index contributed by atoms with van der Waals surface area (Å²) in [6.45, 7) is 1.61. The molecule has 0 atom stereocenters. The fourth-order valence-electron chi connectivity index (χ4n) is 1.85. The Morgan fingerprint density at radius 2 is 1.86 bits per heavy atom. The van der Waals surface area contributed by atoms with Crippen LogP contribution < -0.4 is 5.32 Å². The van der Waals surface area contributed by atoms with E-state index in [9.17, 15) is 14.0 Å². The van der Waals surface area contributed by atoms with Gasteiger partial charge in [0.1, 0.15) is 5.82 Å². The van der Waals surface area contributed by atoms with E-state index in [2.05, 4.69) is 5.32 Å². The Morgan fingerprint density at radius 3 is 2.48 bits per heavy atom. The molecule has 0 saturated heterocycles. The van der Waals surface area contributed by atoms with Crippen molar-refractivity contribution in [3.63, 3.8) is 0 Å². The summed E-state index contributed by atoms with van der Waals surface area (Å²) >= 11 is 5.75. The molecule has 108 valence electrons. The number of amides is 1. The SMILES string of the molecule is Cc1cc(F)ccc1C(=O)Nc1ccc(Cl)c(C(=O)O)c1. The van der Waals surface area contributed by atoms with E-state index in [-0.39, 0.29) is 10.6 Å². The van der Waals surface area contributed by atoms with Crippen molar-refractivity contribution in [2.75, 3.05) is 5.32 Å². The van der Waals surface area contributed by atoms with Gasteiger partial charge in [-0.05, 0) is 48.9 Å². The van der Waals surface area contributed by atoms with Gasteiger partial charge in [0, 0.05) is 11.3 Å². The van der Waals surface area contributed by atoms with Gasteiger partial charge in [0.2, 0.25) is 0 Å². The number of benzene rings is 2. The number of aromatic carboxylic acids is 1. The minimum atomic E-state index is -1.19. The summed E-state index contributed by atoms with van der Waals surface area (Å²) in [6, 6.07) is 7.95. The lowest BCUT2D eigenvalue weighted by Crippen LogP contribution is -2.14. The summed E-state index contributed by atoms with van der Waals surface area (Å²) in [5, 5.41) is 11.6. The highest BCUT2D eigenvalue weighted by molar-refractivity contribution is 6.33. The maximum atomic E-state index is 13.0. The van der Waals surface area contributed by atoms with Crippen molar-refractivity contribution in [1.29, 1.82) is 0 Å². The molecular formula is C15H11ClFNO3. The van der Waals surface area contributed by atoms with Crippen LogP contribution in [0.25, 0.3) is 0 Å². The van der Waals surface area contributed by atoms with Crippen LogP contribution in [0.4, 0.5) is 10.1 Å². The number of carbonyl (C=O) groups is 2. The van der Waals surface area contributed by atoms with Gasteiger partial charge in [0.25, 0.3) is 5.91 Å². The minimum absolute atomic E-state index is 0.0819. The van der Waals surface area contributed by atoms with E-state index in [1.165, 1.54) is 36.4 Å². The smallest absolute Gasteiger partial charge is 0.337 e. The standard InChI is InChI=1S/C15H11ClFNO3/c1-8-6-9(17)2-4-11(8)14(19)18-10-3-5-13(16)12(7-10)15(20)21/h2-7H,1H3,(H,18,19)(H,20,21). The second-order valence-corrected chi connectivity index (χ2v) is 4.82. The molecule has 0 unspecified atom stereocenters. The van der Waals surface area contributed by atoms with Crippen molar-refractivity contribution in [3.8, 4) is 0 Å². The van der Waals surface area contributed by atoms with Crippen molar-refractivity contribution in [2.45, 2.75) is 6.92 Å². The van der Waals surface area contributed by atoms with Crippen molar-refractivity contribution in [3.05, 3.63) is 63.9 Å². The van der Waals surface area contributed by atoms with Gasteiger partial charge < -0.3 is 10.4 Å². The first-order valence-corrected chi connectivity index (χ1v) is 6.36. The first-order chi connectivity index (χ1) is 9.88. The van der Waals surface area contributed by atoms with Crippen LogP contribution in [0, 0.1) is 12.7 Å². The second kappa shape index (κ2) is 5.93. The maximum absolute atomic E-state index is 13.0. The van der Waals surface area contributed by atoms with E-state index in [0.29, 0.717) is 16.8 Å². The van der Waals surface area contributed by atoms with E-state index in [0.717, 1.165) is 0 Å². The van der Waals surface area contributed by atoms with Crippen LogP contribution in [0.15, 0.2) is 36.4 Å². The fourth-order valence-corrected chi connectivity index (χ4v) is 2.05. The van der Waals surface area contributed by atoms with E-state index >= 15 is 0 Å². The lowest BCUT2D eigenvalue weighted by molar-refractivity contribution is 0.0696. The quantitative estimate of drug-likeness (QED) is 0.907. The van der Waals surface area contributed by atoms with Gasteiger partial charge >= 0.3 is 5.97 Å². The van der Waals surface area contributed by atoms with Gasteiger partial charge in [-0.1, -0.05) is 11.6 Å². The lowest BCUT2D eigenvalue weighted by atomic mass is 10.1. The molecule has 0 radical (unpaired) electrons. The Balaban J connectivity index is 2.27. The Bertz CT molecular complexity index is 731. The van der Waals surface area contributed by atoms with Crippen LogP contribution in [0.1, 0.15) is 26.3 Å². The predicted molar refractivity (Wildman–Crippen MR) is 77.5 cm³/mol. The van der Waals surface area contributed by atoms with Crippen molar-refractivity contribution in [2.24, 2.45) is 0 Å². The summed E-state index contributed by atoms with van der Waals surface area (Å²) in [7, 11) is 0. The number of hydrogen-bond donors (Lipinski definition) is 2. The molecule has 21 heavy (non-hydrogen) atoms. The van der Waals surface area contributed by atoms with Gasteiger partial charge in [0.15, 0.2) is 0 Å². The average Bonchev–Trinajstić information content (AvgIpc) is 2.40. The monoisotopic (exact) mass is 307 g/mol. The molecule has 0 bridgehead atoms. The summed E-state index contributed by atoms with van der Waals surface area (Å²) < 4.78 is 13.0. The average molecular weight is 308 g/mol. The molecule has 0 fully saturated rings. The van der Waals surface area contributed by atoms with Crippen molar-refractivity contribution >= 4 is 29.2 Å². The normalized spacial score (nSPS) is 10.2. The number of nitrogens with one attached hydrogen (secondary N) is 1. The first-order valence-electron chi connectivity index (χ1n) is 5.99. The molecule has 2 N–H and O–H groups in total. The van der Waals surface area contributed by atoms with Gasteiger partial charge in [-0.15, -0.1) is 0 Å². The lowest BCUT2D eigenvalue weighted by Gasteiger charge is -2.09. The second-order valence-electron chi connectivity index (χ2n) is 4.41. The zero-order chi connectivity index (χ0) is 15.6. The Morgan fingerprint density at radius 1 is 1.14 bits per heavy atom. The molecule has 0 spiro atoms. The molecule has 0 aliphatic carbocycles. The van der Waals surface area contributed by atoms with Crippen molar-refractivity contribution < 1.29 is 19.1 Å². The van der Waals surface area contributed by atoms with Crippen LogP contribution in [0.3, 0.4) is 0 Å².